The number of carboxylic acid groups (broad SMARTS) is 1. The number of aliphatic hydroxyl groups excluding tert-OH is 1. The van der Waals surface area contributed by atoms with Crippen molar-refractivity contribution < 1.29 is 24.5 Å². The molecule has 0 bridgehead atoms. The van der Waals surface area contributed by atoms with Crippen LogP contribution in [0.4, 0.5) is 0 Å². The zero-order valence-electron chi connectivity index (χ0n) is 9.52. The van der Waals surface area contributed by atoms with Crippen LogP contribution >= 0.6 is 0 Å². The molecular formula is C10H18N2O5. The molecule has 5 N–H and O–H groups in total. The Balaban J connectivity index is 2.68. The van der Waals surface area contributed by atoms with Crippen molar-refractivity contribution in [2.45, 2.75) is 18.9 Å². The van der Waals surface area contributed by atoms with Crippen LogP contribution in [0.1, 0.15) is 12.8 Å². The Morgan fingerprint density at radius 2 is 2.00 bits per heavy atom. The van der Waals surface area contributed by atoms with Crippen LogP contribution in [0.3, 0.4) is 0 Å². The lowest BCUT2D eigenvalue weighted by atomic mass is 9.79. The highest BCUT2D eigenvalue weighted by Gasteiger charge is 2.40. The Kier molecular flexibility index (Phi) is 4.86. The van der Waals surface area contributed by atoms with Gasteiger partial charge in [0.2, 0.25) is 5.91 Å². The largest absolute Gasteiger partial charge is 0.480 e. The Morgan fingerprint density at radius 3 is 2.41 bits per heavy atom. The molecule has 7 heteroatoms. The number of carbonyl (C=O) groups is 2. The number of nitrogens with two attached hydrogens (primary N) is 1. The van der Waals surface area contributed by atoms with Crippen molar-refractivity contribution in [3.05, 3.63) is 0 Å². The van der Waals surface area contributed by atoms with Crippen LogP contribution in [0, 0.1) is 5.41 Å². The van der Waals surface area contributed by atoms with E-state index in [0.717, 1.165) is 0 Å². The molecule has 17 heavy (non-hydrogen) atoms. The van der Waals surface area contributed by atoms with E-state index in [1.165, 1.54) is 0 Å². The molecule has 1 aliphatic rings. The summed E-state index contributed by atoms with van der Waals surface area (Å²) in [6.45, 7) is 0.362. The number of carbonyl (C=O) groups excluding carboxylic acids is 1. The van der Waals surface area contributed by atoms with Crippen molar-refractivity contribution in [2.24, 2.45) is 11.1 Å². The fraction of sp³-hybridized carbons (Fsp3) is 0.800. The number of ether oxygens (including phenoxy) is 1. The van der Waals surface area contributed by atoms with Gasteiger partial charge < -0.3 is 26.0 Å². The Hall–Kier alpha value is -1.18. The molecule has 7 nitrogen and oxygen atoms in total. The smallest absolute Gasteiger partial charge is 0.328 e. The summed E-state index contributed by atoms with van der Waals surface area (Å²) < 4.78 is 5.15. The van der Waals surface area contributed by atoms with Crippen molar-refractivity contribution >= 4 is 11.9 Å². The fourth-order valence-electron chi connectivity index (χ4n) is 1.78. The van der Waals surface area contributed by atoms with Gasteiger partial charge in [-0.3, -0.25) is 4.79 Å². The normalized spacial score (nSPS) is 20.6. The first-order valence-corrected chi connectivity index (χ1v) is 5.48. The summed E-state index contributed by atoms with van der Waals surface area (Å²) in [6, 6.07) is -1.28. The van der Waals surface area contributed by atoms with Crippen LogP contribution in [-0.4, -0.2) is 54.5 Å². The van der Waals surface area contributed by atoms with Gasteiger partial charge >= 0.3 is 5.97 Å². The van der Waals surface area contributed by atoms with Crippen LogP contribution in [0.25, 0.3) is 0 Å². The Bertz CT molecular complexity index is 288. The Morgan fingerprint density at radius 1 is 1.41 bits per heavy atom. The van der Waals surface area contributed by atoms with E-state index in [0.29, 0.717) is 26.1 Å². The van der Waals surface area contributed by atoms with E-state index in [9.17, 15) is 9.59 Å². The lowest BCUT2D eigenvalue weighted by Gasteiger charge is -2.35. The van der Waals surface area contributed by atoms with Gasteiger partial charge in [0, 0.05) is 19.8 Å². The molecule has 0 spiro atoms. The Labute approximate surface area is 98.9 Å². The summed E-state index contributed by atoms with van der Waals surface area (Å²) >= 11 is 0. The predicted molar refractivity (Wildman–Crippen MR) is 58.2 cm³/mol. The molecule has 1 amide bonds. The van der Waals surface area contributed by atoms with E-state index in [1.54, 1.807) is 0 Å². The van der Waals surface area contributed by atoms with E-state index in [-0.39, 0.29) is 6.54 Å². The summed E-state index contributed by atoms with van der Waals surface area (Å²) in [5.74, 6) is -1.69. The molecule has 1 aliphatic heterocycles. The van der Waals surface area contributed by atoms with Gasteiger partial charge in [0.25, 0.3) is 0 Å². The summed E-state index contributed by atoms with van der Waals surface area (Å²) in [4.78, 5) is 22.7. The lowest BCUT2D eigenvalue weighted by molar-refractivity contribution is -0.146. The van der Waals surface area contributed by atoms with Crippen molar-refractivity contribution in [1.82, 2.24) is 5.32 Å². The van der Waals surface area contributed by atoms with Gasteiger partial charge in [-0.1, -0.05) is 0 Å². The SMILES string of the molecule is NCC1(C(=O)N[C@H](CO)C(=O)O)CCOCC1. The average Bonchev–Trinajstić information content (AvgIpc) is 2.35. The van der Waals surface area contributed by atoms with Crippen LogP contribution in [0.15, 0.2) is 0 Å². The third-order valence-corrected chi connectivity index (χ3v) is 3.11. The first-order chi connectivity index (χ1) is 8.05. The minimum Gasteiger partial charge on any atom is -0.480 e. The quantitative estimate of drug-likeness (QED) is 0.459. The average molecular weight is 246 g/mol. The maximum Gasteiger partial charge on any atom is 0.328 e. The number of aliphatic carboxylic acids is 1. The molecule has 0 saturated carbocycles. The third-order valence-electron chi connectivity index (χ3n) is 3.11. The fourth-order valence-corrected chi connectivity index (χ4v) is 1.78. The van der Waals surface area contributed by atoms with Crippen LogP contribution < -0.4 is 11.1 Å². The second-order valence-corrected chi connectivity index (χ2v) is 4.14. The minimum absolute atomic E-state index is 0.139. The first kappa shape index (κ1) is 13.9. The number of rotatable bonds is 5. The molecule has 1 fully saturated rings. The molecule has 0 aromatic heterocycles. The number of carboxylic acids is 1. The molecule has 0 aromatic rings. The zero-order valence-corrected chi connectivity index (χ0v) is 9.52. The van der Waals surface area contributed by atoms with Crippen LogP contribution in [-0.2, 0) is 14.3 Å². The highest BCUT2D eigenvalue weighted by molar-refractivity contribution is 5.87. The van der Waals surface area contributed by atoms with Gasteiger partial charge in [-0.05, 0) is 12.8 Å². The van der Waals surface area contributed by atoms with Crippen molar-refractivity contribution in [2.75, 3.05) is 26.4 Å². The van der Waals surface area contributed by atoms with E-state index < -0.39 is 29.9 Å². The van der Waals surface area contributed by atoms with Gasteiger partial charge in [-0.2, -0.15) is 0 Å². The van der Waals surface area contributed by atoms with Crippen LogP contribution in [0.5, 0.6) is 0 Å². The number of nitrogens with one attached hydrogen (secondary N) is 1. The van der Waals surface area contributed by atoms with E-state index in [2.05, 4.69) is 5.32 Å². The standard InChI is InChI=1S/C10H18N2O5/c11-6-10(1-3-17-4-2-10)9(16)12-7(5-13)8(14)15/h7,13H,1-6,11H2,(H,12,16)(H,14,15)/t7-/m1/s1. The van der Waals surface area contributed by atoms with Gasteiger partial charge in [0.1, 0.15) is 6.04 Å². The number of amides is 1. The molecule has 0 aromatic carbocycles. The maximum atomic E-state index is 12.0. The minimum atomic E-state index is -1.28. The topological polar surface area (TPSA) is 122 Å². The van der Waals surface area contributed by atoms with Crippen molar-refractivity contribution in [1.29, 1.82) is 0 Å². The first-order valence-electron chi connectivity index (χ1n) is 5.48. The molecular weight excluding hydrogens is 228 g/mol. The maximum absolute atomic E-state index is 12.0. The summed E-state index contributed by atoms with van der Waals surface area (Å²) in [6.07, 6.45) is 0.931. The van der Waals surface area contributed by atoms with Crippen LogP contribution in [0.2, 0.25) is 0 Å². The summed E-state index contributed by atoms with van der Waals surface area (Å²) in [7, 11) is 0. The number of hydrogen-bond donors (Lipinski definition) is 4. The molecule has 1 heterocycles. The molecule has 1 atom stereocenters. The monoisotopic (exact) mass is 246 g/mol. The molecule has 98 valence electrons. The van der Waals surface area contributed by atoms with E-state index >= 15 is 0 Å². The number of hydrogen-bond acceptors (Lipinski definition) is 5. The van der Waals surface area contributed by atoms with Gasteiger partial charge in [0.15, 0.2) is 0 Å². The molecule has 1 saturated heterocycles. The molecule has 0 radical (unpaired) electrons. The highest BCUT2D eigenvalue weighted by atomic mass is 16.5. The van der Waals surface area contributed by atoms with Gasteiger partial charge in [0.05, 0.1) is 12.0 Å². The highest BCUT2D eigenvalue weighted by Crippen LogP contribution is 2.29. The summed E-state index contributed by atoms with van der Waals surface area (Å²) in [5, 5.41) is 19.9. The van der Waals surface area contributed by atoms with E-state index in [4.69, 9.17) is 20.7 Å². The second-order valence-electron chi connectivity index (χ2n) is 4.14. The third kappa shape index (κ3) is 3.15. The van der Waals surface area contributed by atoms with Gasteiger partial charge in [-0.25, -0.2) is 4.79 Å². The molecule has 1 rings (SSSR count). The zero-order chi connectivity index (χ0) is 12.9. The predicted octanol–water partition coefficient (Wildman–Crippen LogP) is -1.70. The van der Waals surface area contributed by atoms with Crippen molar-refractivity contribution in [3.8, 4) is 0 Å². The number of aliphatic hydroxyl groups is 1. The van der Waals surface area contributed by atoms with Crippen molar-refractivity contribution in [3.63, 3.8) is 0 Å². The lowest BCUT2D eigenvalue weighted by Crippen LogP contribution is -2.54. The molecule has 0 unspecified atom stereocenters. The molecule has 0 aliphatic carbocycles. The van der Waals surface area contributed by atoms with E-state index in [1.807, 2.05) is 0 Å². The summed E-state index contributed by atoms with van der Waals surface area (Å²) in [5.41, 5.74) is 4.83. The van der Waals surface area contributed by atoms with Gasteiger partial charge in [-0.15, -0.1) is 0 Å². The second kappa shape index (κ2) is 5.95.